The Kier molecular flexibility index (Phi) is 4.20. The van der Waals surface area contributed by atoms with Crippen molar-refractivity contribution < 1.29 is 18.7 Å². The minimum atomic E-state index is -0.311. The number of hydrogen-bond acceptors (Lipinski definition) is 4. The first kappa shape index (κ1) is 16.4. The van der Waals surface area contributed by atoms with Gasteiger partial charge in [0, 0.05) is 31.6 Å². The molecular formula is C19H18FN3O3. The van der Waals surface area contributed by atoms with E-state index >= 15 is 0 Å². The number of imidazole rings is 1. The summed E-state index contributed by atoms with van der Waals surface area (Å²) in [5, 5.41) is 2.87. The number of halogens is 1. The van der Waals surface area contributed by atoms with Crippen LogP contribution in [0.15, 0.2) is 36.4 Å². The molecule has 0 radical (unpaired) electrons. The molecule has 1 aliphatic heterocycles. The third-order valence-electron chi connectivity index (χ3n) is 4.37. The van der Waals surface area contributed by atoms with Crippen molar-refractivity contribution in [2.24, 2.45) is 7.05 Å². The Bertz CT molecular complexity index is 984. The van der Waals surface area contributed by atoms with Crippen LogP contribution in [0, 0.1) is 5.82 Å². The lowest BCUT2D eigenvalue weighted by molar-refractivity contribution is 0.0952. The van der Waals surface area contributed by atoms with Crippen molar-refractivity contribution >= 4 is 16.9 Å². The maximum absolute atomic E-state index is 13.3. The van der Waals surface area contributed by atoms with Gasteiger partial charge in [0.2, 0.25) is 0 Å². The second-order valence-electron chi connectivity index (χ2n) is 6.08. The number of ether oxygens (including phenoxy) is 2. The SMILES string of the molecule is Cn1c(CCNC(=O)c2ccc3c(c2)OCCO3)nc2cc(F)ccc21. The fraction of sp³-hybridized carbons (Fsp3) is 0.263. The van der Waals surface area contributed by atoms with Crippen LogP contribution in [-0.4, -0.2) is 35.2 Å². The maximum Gasteiger partial charge on any atom is 0.251 e. The normalized spacial score (nSPS) is 13.0. The molecule has 0 aliphatic carbocycles. The summed E-state index contributed by atoms with van der Waals surface area (Å²) in [5.41, 5.74) is 1.99. The van der Waals surface area contributed by atoms with Gasteiger partial charge in [-0.2, -0.15) is 0 Å². The van der Waals surface area contributed by atoms with Crippen LogP contribution in [0.5, 0.6) is 11.5 Å². The van der Waals surface area contributed by atoms with Crippen molar-refractivity contribution in [2.45, 2.75) is 6.42 Å². The van der Waals surface area contributed by atoms with Gasteiger partial charge in [-0.3, -0.25) is 4.79 Å². The van der Waals surface area contributed by atoms with E-state index in [4.69, 9.17) is 9.47 Å². The maximum atomic E-state index is 13.3. The van der Waals surface area contributed by atoms with E-state index in [2.05, 4.69) is 10.3 Å². The predicted octanol–water partition coefficient (Wildman–Crippen LogP) is 2.46. The number of amides is 1. The highest BCUT2D eigenvalue weighted by atomic mass is 19.1. The summed E-state index contributed by atoms with van der Waals surface area (Å²) >= 11 is 0. The van der Waals surface area contributed by atoms with E-state index < -0.39 is 0 Å². The van der Waals surface area contributed by atoms with Crippen LogP contribution in [-0.2, 0) is 13.5 Å². The van der Waals surface area contributed by atoms with Gasteiger partial charge in [0.15, 0.2) is 11.5 Å². The molecule has 0 unspecified atom stereocenters. The second kappa shape index (κ2) is 6.67. The number of aryl methyl sites for hydroxylation is 1. The van der Waals surface area contributed by atoms with Gasteiger partial charge in [-0.25, -0.2) is 9.37 Å². The van der Waals surface area contributed by atoms with Gasteiger partial charge >= 0.3 is 0 Å². The molecule has 4 rings (SSSR count). The van der Waals surface area contributed by atoms with E-state index in [-0.39, 0.29) is 11.7 Å². The van der Waals surface area contributed by atoms with E-state index in [0.29, 0.717) is 48.8 Å². The lowest BCUT2D eigenvalue weighted by atomic mass is 10.2. The number of benzene rings is 2. The summed E-state index contributed by atoms with van der Waals surface area (Å²) in [6.45, 7) is 1.42. The zero-order chi connectivity index (χ0) is 18.1. The molecular weight excluding hydrogens is 337 g/mol. The van der Waals surface area contributed by atoms with Crippen LogP contribution >= 0.6 is 0 Å². The fourth-order valence-electron chi connectivity index (χ4n) is 3.02. The first-order valence-corrected chi connectivity index (χ1v) is 8.40. The van der Waals surface area contributed by atoms with Crippen LogP contribution in [0.25, 0.3) is 11.0 Å². The number of hydrogen-bond donors (Lipinski definition) is 1. The van der Waals surface area contributed by atoms with Gasteiger partial charge in [-0.05, 0) is 30.3 Å². The van der Waals surface area contributed by atoms with Crippen LogP contribution < -0.4 is 14.8 Å². The van der Waals surface area contributed by atoms with E-state index in [1.54, 1.807) is 24.3 Å². The summed E-state index contributed by atoms with van der Waals surface area (Å²) in [5.74, 6) is 1.52. The van der Waals surface area contributed by atoms with Crippen LogP contribution in [0.2, 0.25) is 0 Å². The van der Waals surface area contributed by atoms with Crippen molar-refractivity contribution in [3.63, 3.8) is 0 Å². The Hall–Kier alpha value is -3.09. The van der Waals surface area contributed by atoms with Gasteiger partial charge in [-0.1, -0.05) is 0 Å². The Balaban J connectivity index is 1.41. The van der Waals surface area contributed by atoms with Gasteiger partial charge in [0.05, 0.1) is 11.0 Å². The molecule has 0 fully saturated rings. The topological polar surface area (TPSA) is 65.4 Å². The number of rotatable bonds is 4. The smallest absolute Gasteiger partial charge is 0.251 e. The molecule has 6 nitrogen and oxygen atoms in total. The van der Waals surface area contributed by atoms with Gasteiger partial charge < -0.3 is 19.4 Å². The highest BCUT2D eigenvalue weighted by Crippen LogP contribution is 2.30. The molecule has 0 saturated carbocycles. The molecule has 1 aromatic heterocycles. The summed E-state index contributed by atoms with van der Waals surface area (Å²) < 4.78 is 26.2. The molecule has 2 heterocycles. The Morgan fingerprint density at radius 2 is 2.00 bits per heavy atom. The van der Waals surface area contributed by atoms with E-state index in [0.717, 1.165) is 11.3 Å². The molecule has 1 N–H and O–H groups in total. The zero-order valence-electron chi connectivity index (χ0n) is 14.3. The predicted molar refractivity (Wildman–Crippen MR) is 94.1 cm³/mol. The van der Waals surface area contributed by atoms with E-state index in [9.17, 15) is 9.18 Å². The van der Waals surface area contributed by atoms with E-state index in [1.807, 2.05) is 11.6 Å². The summed E-state index contributed by atoms with van der Waals surface area (Å²) in [6.07, 6.45) is 0.545. The van der Waals surface area contributed by atoms with Gasteiger partial charge in [0.1, 0.15) is 24.9 Å². The Labute approximate surface area is 149 Å². The third-order valence-corrected chi connectivity index (χ3v) is 4.37. The zero-order valence-corrected chi connectivity index (χ0v) is 14.3. The van der Waals surface area contributed by atoms with E-state index in [1.165, 1.54) is 12.1 Å². The van der Waals surface area contributed by atoms with Crippen molar-refractivity contribution in [3.05, 3.63) is 53.6 Å². The standard InChI is InChI=1S/C19H18FN3O3/c1-23-15-4-3-13(20)11-14(15)22-18(23)6-7-21-19(24)12-2-5-16-17(10-12)26-9-8-25-16/h2-5,10-11H,6-9H2,1H3,(H,21,24). The molecule has 1 aliphatic rings. The minimum Gasteiger partial charge on any atom is -0.486 e. The minimum absolute atomic E-state index is 0.188. The number of nitrogens with one attached hydrogen (secondary N) is 1. The molecule has 0 atom stereocenters. The lowest BCUT2D eigenvalue weighted by Crippen LogP contribution is -2.26. The van der Waals surface area contributed by atoms with Gasteiger partial charge in [-0.15, -0.1) is 0 Å². The molecule has 7 heteroatoms. The van der Waals surface area contributed by atoms with Crippen LogP contribution in [0.1, 0.15) is 16.2 Å². The number of carbonyl (C=O) groups is 1. The molecule has 3 aromatic rings. The van der Waals surface area contributed by atoms with Crippen LogP contribution in [0.3, 0.4) is 0 Å². The third kappa shape index (κ3) is 3.08. The summed E-state index contributed by atoms with van der Waals surface area (Å²) in [4.78, 5) is 16.8. The average Bonchev–Trinajstić information content (AvgIpc) is 2.96. The van der Waals surface area contributed by atoms with Crippen LogP contribution in [0.4, 0.5) is 4.39 Å². The molecule has 1 amide bonds. The number of aromatic nitrogens is 2. The summed E-state index contributed by atoms with van der Waals surface area (Å²) in [6, 6.07) is 9.66. The number of nitrogens with zero attached hydrogens (tertiary/aromatic N) is 2. The van der Waals surface area contributed by atoms with Crippen molar-refractivity contribution in [3.8, 4) is 11.5 Å². The monoisotopic (exact) mass is 355 g/mol. The molecule has 2 aromatic carbocycles. The van der Waals surface area contributed by atoms with Gasteiger partial charge in [0.25, 0.3) is 5.91 Å². The first-order valence-electron chi connectivity index (χ1n) is 8.40. The molecule has 0 saturated heterocycles. The highest BCUT2D eigenvalue weighted by molar-refractivity contribution is 5.94. The molecule has 0 bridgehead atoms. The Morgan fingerprint density at radius 3 is 2.85 bits per heavy atom. The summed E-state index contributed by atoms with van der Waals surface area (Å²) in [7, 11) is 1.88. The van der Waals surface area contributed by atoms with Crippen molar-refractivity contribution in [2.75, 3.05) is 19.8 Å². The largest absolute Gasteiger partial charge is 0.486 e. The Morgan fingerprint density at radius 1 is 1.19 bits per heavy atom. The number of carbonyl (C=O) groups excluding carboxylic acids is 1. The second-order valence-corrected chi connectivity index (χ2v) is 6.08. The molecule has 134 valence electrons. The number of fused-ring (bicyclic) bond motifs is 2. The molecule has 26 heavy (non-hydrogen) atoms. The van der Waals surface area contributed by atoms with Crippen molar-refractivity contribution in [1.82, 2.24) is 14.9 Å². The first-order chi connectivity index (χ1) is 12.6. The highest BCUT2D eigenvalue weighted by Gasteiger charge is 2.15. The average molecular weight is 355 g/mol. The molecule has 0 spiro atoms. The van der Waals surface area contributed by atoms with Crippen molar-refractivity contribution in [1.29, 1.82) is 0 Å². The lowest BCUT2D eigenvalue weighted by Gasteiger charge is -2.18. The fourth-order valence-corrected chi connectivity index (χ4v) is 3.02. The quantitative estimate of drug-likeness (QED) is 0.781.